The molecule has 1 aromatic heterocycles. The minimum atomic E-state index is 0. The Hall–Kier alpha value is -1.71. The van der Waals surface area contributed by atoms with Crippen LogP contribution >= 0.6 is 11.3 Å². The molecule has 0 saturated heterocycles. The first-order valence-electron chi connectivity index (χ1n) is 4.77. The molecule has 2 aromatic carbocycles. The molecule has 0 bridgehead atoms. The molecule has 0 aliphatic rings. The van der Waals surface area contributed by atoms with Crippen LogP contribution in [0.3, 0.4) is 0 Å². The van der Waals surface area contributed by atoms with Crippen LogP contribution in [0.1, 0.15) is 0 Å². The van der Waals surface area contributed by atoms with E-state index in [1.54, 1.807) is 11.3 Å². The Kier molecular flexibility index (Phi) is 2.73. The number of rotatable bonds is 0. The maximum atomic E-state index is 12.1. The summed E-state index contributed by atoms with van der Waals surface area (Å²) < 4.78 is 2.11. The van der Waals surface area contributed by atoms with E-state index in [0.717, 1.165) is 20.2 Å². The topological polar surface area (TPSA) is 48.6 Å². The quantitative estimate of drug-likeness (QED) is 0.547. The van der Waals surface area contributed by atoms with Crippen LogP contribution in [0.25, 0.3) is 20.2 Å². The van der Waals surface area contributed by atoms with Gasteiger partial charge >= 0.3 is 0 Å². The van der Waals surface area contributed by atoms with Crippen LogP contribution < -0.4 is 5.43 Å². The fraction of sp³-hybridized carbons (Fsp3) is 0. The third-order valence-electron chi connectivity index (χ3n) is 2.48. The van der Waals surface area contributed by atoms with Gasteiger partial charge in [0.25, 0.3) is 0 Å². The van der Waals surface area contributed by atoms with Gasteiger partial charge in [0.1, 0.15) is 0 Å². The summed E-state index contributed by atoms with van der Waals surface area (Å²) in [5.74, 6) is 0. The minimum absolute atomic E-state index is 0. The van der Waals surface area contributed by atoms with Crippen LogP contribution in [0.5, 0.6) is 0 Å². The van der Waals surface area contributed by atoms with E-state index in [1.807, 2.05) is 48.5 Å². The Balaban J connectivity index is 0.000000963. The zero-order valence-electron chi connectivity index (χ0n) is 8.44. The van der Waals surface area contributed by atoms with E-state index in [2.05, 4.69) is 0 Å². The van der Waals surface area contributed by atoms with Crippen molar-refractivity contribution in [3.8, 4) is 0 Å². The molecule has 2 nitrogen and oxygen atoms in total. The van der Waals surface area contributed by atoms with E-state index in [9.17, 15) is 4.79 Å². The highest BCUT2D eigenvalue weighted by Crippen LogP contribution is 2.23. The molecule has 0 aliphatic carbocycles. The Labute approximate surface area is 96.1 Å². The molecule has 3 aromatic rings. The van der Waals surface area contributed by atoms with Gasteiger partial charge in [0.2, 0.25) is 0 Å². The summed E-state index contributed by atoms with van der Waals surface area (Å²) in [5.41, 5.74) is 0.139. The lowest BCUT2D eigenvalue weighted by atomic mass is 10.2. The normalized spacial score (nSPS) is 10.2. The van der Waals surface area contributed by atoms with Gasteiger partial charge in [-0.3, -0.25) is 4.79 Å². The molecule has 0 spiro atoms. The molecule has 3 heteroatoms. The summed E-state index contributed by atoms with van der Waals surface area (Å²) in [7, 11) is 0. The Bertz CT molecular complexity index is 644. The maximum Gasteiger partial charge on any atom is 0.195 e. The van der Waals surface area contributed by atoms with Crippen molar-refractivity contribution in [1.82, 2.24) is 0 Å². The third kappa shape index (κ3) is 1.50. The first kappa shape index (κ1) is 10.8. The molecule has 2 N–H and O–H groups in total. The molecule has 0 fully saturated rings. The van der Waals surface area contributed by atoms with Crippen LogP contribution in [0.4, 0.5) is 0 Å². The minimum Gasteiger partial charge on any atom is -0.412 e. The smallest absolute Gasteiger partial charge is 0.195 e. The second-order valence-corrected chi connectivity index (χ2v) is 4.51. The van der Waals surface area contributed by atoms with Gasteiger partial charge in [0.15, 0.2) is 5.43 Å². The Morgan fingerprint density at radius 1 is 0.750 bits per heavy atom. The number of fused-ring (bicyclic) bond motifs is 2. The summed E-state index contributed by atoms with van der Waals surface area (Å²) in [6, 6.07) is 15.5. The molecule has 3 rings (SSSR count). The highest BCUT2D eigenvalue weighted by Gasteiger charge is 2.03. The van der Waals surface area contributed by atoms with Crippen molar-refractivity contribution >= 4 is 31.5 Å². The van der Waals surface area contributed by atoms with Gasteiger partial charge in [-0.2, -0.15) is 0 Å². The average Bonchev–Trinajstić information content (AvgIpc) is 2.30. The van der Waals surface area contributed by atoms with E-state index in [0.29, 0.717) is 0 Å². The van der Waals surface area contributed by atoms with Gasteiger partial charge in [0.05, 0.1) is 0 Å². The predicted octanol–water partition coefficient (Wildman–Crippen LogP) is 2.59. The van der Waals surface area contributed by atoms with Crippen LogP contribution in [0, 0.1) is 0 Å². The molecular formula is C13H10O2S. The van der Waals surface area contributed by atoms with Gasteiger partial charge in [-0.25, -0.2) is 0 Å². The second-order valence-electron chi connectivity index (χ2n) is 3.42. The molecule has 0 aliphatic heterocycles. The van der Waals surface area contributed by atoms with Crippen LogP contribution in [0.15, 0.2) is 53.3 Å². The molecule has 80 valence electrons. The Morgan fingerprint density at radius 2 is 1.19 bits per heavy atom. The molecule has 0 atom stereocenters. The fourth-order valence-corrected chi connectivity index (χ4v) is 2.82. The van der Waals surface area contributed by atoms with Crippen LogP contribution in [-0.2, 0) is 0 Å². The predicted molar refractivity (Wildman–Crippen MR) is 69.2 cm³/mol. The fourth-order valence-electron chi connectivity index (χ4n) is 1.75. The van der Waals surface area contributed by atoms with Gasteiger partial charge in [-0.1, -0.05) is 24.3 Å². The molecule has 0 unspecified atom stereocenters. The van der Waals surface area contributed by atoms with E-state index in [1.165, 1.54) is 0 Å². The summed E-state index contributed by atoms with van der Waals surface area (Å²) in [6.07, 6.45) is 0. The molecule has 16 heavy (non-hydrogen) atoms. The van der Waals surface area contributed by atoms with Crippen molar-refractivity contribution in [2.24, 2.45) is 0 Å². The third-order valence-corrected chi connectivity index (χ3v) is 3.64. The van der Waals surface area contributed by atoms with Gasteiger partial charge in [0, 0.05) is 20.2 Å². The van der Waals surface area contributed by atoms with Crippen molar-refractivity contribution in [2.45, 2.75) is 0 Å². The van der Waals surface area contributed by atoms with Crippen molar-refractivity contribution in [3.05, 3.63) is 58.8 Å². The number of hydrogen-bond acceptors (Lipinski definition) is 2. The summed E-state index contributed by atoms with van der Waals surface area (Å²) >= 11 is 1.67. The largest absolute Gasteiger partial charge is 0.412 e. The monoisotopic (exact) mass is 230 g/mol. The van der Waals surface area contributed by atoms with Crippen molar-refractivity contribution in [1.29, 1.82) is 0 Å². The highest BCUT2D eigenvalue weighted by molar-refractivity contribution is 7.24. The van der Waals surface area contributed by atoms with Crippen LogP contribution in [-0.4, -0.2) is 5.48 Å². The molecular weight excluding hydrogens is 220 g/mol. The lowest BCUT2D eigenvalue weighted by molar-refractivity contribution is 0.824. The zero-order valence-corrected chi connectivity index (χ0v) is 9.25. The second kappa shape index (κ2) is 4.04. The molecule has 0 amide bonds. The standard InChI is InChI=1S/C13H8OS.H2O/c14-13-9-5-1-3-7-11(9)15-12-8-4-2-6-10(12)13;/h1-8H;1H2. The molecule has 0 radical (unpaired) electrons. The van der Waals surface area contributed by atoms with Gasteiger partial charge < -0.3 is 5.48 Å². The summed E-state index contributed by atoms with van der Waals surface area (Å²) in [5, 5.41) is 1.64. The van der Waals surface area contributed by atoms with E-state index >= 15 is 0 Å². The van der Waals surface area contributed by atoms with Gasteiger partial charge in [-0.05, 0) is 24.3 Å². The van der Waals surface area contributed by atoms with Crippen molar-refractivity contribution in [3.63, 3.8) is 0 Å². The summed E-state index contributed by atoms with van der Waals surface area (Å²) in [4.78, 5) is 12.1. The first-order valence-corrected chi connectivity index (χ1v) is 5.58. The number of hydrogen-bond donors (Lipinski definition) is 0. The lowest BCUT2D eigenvalue weighted by Crippen LogP contribution is -1.99. The van der Waals surface area contributed by atoms with Crippen molar-refractivity contribution in [2.75, 3.05) is 0 Å². The maximum absolute atomic E-state index is 12.1. The van der Waals surface area contributed by atoms with E-state index in [-0.39, 0.29) is 10.9 Å². The molecule has 0 saturated carbocycles. The van der Waals surface area contributed by atoms with E-state index < -0.39 is 0 Å². The van der Waals surface area contributed by atoms with Crippen molar-refractivity contribution < 1.29 is 5.48 Å². The first-order chi connectivity index (χ1) is 7.36. The Morgan fingerprint density at radius 3 is 1.69 bits per heavy atom. The number of benzene rings is 2. The van der Waals surface area contributed by atoms with Crippen LogP contribution in [0.2, 0.25) is 0 Å². The SMILES string of the molecule is O.O=c1c2ccccc2sc2ccccc12. The molecule has 1 heterocycles. The van der Waals surface area contributed by atoms with Gasteiger partial charge in [-0.15, -0.1) is 11.3 Å². The average molecular weight is 230 g/mol. The van der Waals surface area contributed by atoms with E-state index in [4.69, 9.17) is 0 Å². The lowest BCUT2D eigenvalue weighted by Gasteiger charge is -1.99. The highest BCUT2D eigenvalue weighted by atomic mass is 32.1. The summed E-state index contributed by atoms with van der Waals surface area (Å²) in [6.45, 7) is 0. The zero-order chi connectivity index (χ0) is 10.3.